The van der Waals surface area contributed by atoms with Crippen molar-refractivity contribution in [2.45, 2.75) is 25.3 Å². The summed E-state index contributed by atoms with van der Waals surface area (Å²) in [5.74, 6) is 0. The molecule has 0 unspecified atom stereocenters. The SMILES string of the molecule is CCN1/C(=C/C=C/C=C/c2sc3cc4ccccc4cc3[n+]2CC)Sc2cc3ccccc3cc21. The fraction of sp³-hybridized carbons (Fsp3) is 0.129. The second kappa shape index (κ2) is 9.37. The Hall–Kier alpha value is -3.34. The summed E-state index contributed by atoms with van der Waals surface area (Å²) in [6.07, 6.45) is 10.9. The quantitative estimate of drug-likeness (QED) is 0.180. The van der Waals surface area contributed by atoms with Crippen molar-refractivity contribution in [1.82, 2.24) is 0 Å². The molecule has 0 radical (unpaired) electrons. The van der Waals surface area contributed by atoms with E-state index < -0.39 is 0 Å². The van der Waals surface area contributed by atoms with E-state index in [2.05, 4.69) is 126 Å². The van der Waals surface area contributed by atoms with Crippen molar-refractivity contribution < 1.29 is 4.57 Å². The molecule has 5 aromatic rings. The molecule has 4 heteroatoms. The van der Waals surface area contributed by atoms with Crippen molar-refractivity contribution in [2.24, 2.45) is 0 Å². The largest absolute Gasteiger partial charge is 0.335 e. The van der Waals surface area contributed by atoms with Crippen LogP contribution < -0.4 is 9.47 Å². The van der Waals surface area contributed by atoms with E-state index in [9.17, 15) is 0 Å². The van der Waals surface area contributed by atoms with Crippen LogP contribution in [0.25, 0.3) is 37.8 Å². The first-order valence-electron chi connectivity index (χ1n) is 12.1. The van der Waals surface area contributed by atoms with E-state index in [-0.39, 0.29) is 0 Å². The number of anilines is 1. The van der Waals surface area contributed by atoms with Crippen LogP contribution in [-0.4, -0.2) is 6.54 Å². The zero-order valence-corrected chi connectivity index (χ0v) is 21.6. The number of thioether (sulfide) groups is 1. The molecule has 0 spiro atoms. The highest BCUT2D eigenvalue weighted by Crippen LogP contribution is 2.47. The zero-order valence-electron chi connectivity index (χ0n) is 19.9. The Bertz CT molecular complexity index is 1660. The molecule has 0 atom stereocenters. The van der Waals surface area contributed by atoms with Gasteiger partial charge in [-0.2, -0.15) is 4.57 Å². The summed E-state index contributed by atoms with van der Waals surface area (Å²) in [6.45, 7) is 6.36. The molecule has 172 valence electrons. The number of allylic oxidation sites excluding steroid dienone is 4. The third-order valence-electron chi connectivity index (χ3n) is 6.53. The van der Waals surface area contributed by atoms with Gasteiger partial charge in [0.25, 0.3) is 5.01 Å². The van der Waals surface area contributed by atoms with Crippen molar-refractivity contribution in [2.75, 3.05) is 11.4 Å². The van der Waals surface area contributed by atoms with E-state index in [1.165, 1.54) is 52.4 Å². The highest BCUT2D eigenvalue weighted by Gasteiger charge is 2.24. The minimum Gasteiger partial charge on any atom is -0.335 e. The Kier molecular flexibility index (Phi) is 5.93. The van der Waals surface area contributed by atoms with Crippen molar-refractivity contribution in [3.63, 3.8) is 0 Å². The van der Waals surface area contributed by atoms with Gasteiger partial charge in [0.05, 0.1) is 10.7 Å². The van der Waals surface area contributed by atoms with E-state index in [1.807, 2.05) is 23.1 Å². The fourth-order valence-electron chi connectivity index (χ4n) is 4.81. The molecule has 0 aliphatic carbocycles. The normalized spacial score (nSPS) is 15.0. The number of hydrogen-bond acceptors (Lipinski definition) is 3. The number of thiazole rings is 1. The highest BCUT2D eigenvalue weighted by atomic mass is 32.2. The number of aryl methyl sites for hydroxylation is 1. The maximum absolute atomic E-state index is 2.40. The molecule has 0 saturated carbocycles. The van der Waals surface area contributed by atoms with Crippen LogP contribution in [0, 0.1) is 0 Å². The Morgan fingerprint density at radius 3 is 2.20 bits per heavy atom. The Morgan fingerprint density at radius 1 is 0.800 bits per heavy atom. The van der Waals surface area contributed by atoms with E-state index in [0.29, 0.717) is 0 Å². The monoisotopic (exact) mass is 491 g/mol. The highest BCUT2D eigenvalue weighted by molar-refractivity contribution is 8.03. The van der Waals surface area contributed by atoms with Crippen LogP contribution in [0.5, 0.6) is 0 Å². The number of fused-ring (bicyclic) bond motifs is 4. The van der Waals surface area contributed by atoms with Gasteiger partial charge < -0.3 is 4.90 Å². The predicted molar refractivity (Wildman–Crippen MR) is 154 cm³/mol. The Balaban J connectivity index is 1.25. The van der Waals surface area contributed by atoms with Gasteiger partial charge in [-0.1, -0.05) is 89.9 Å². The van der Waals surface area contributed by atoms with Gasteiger partial charge in [0.2, 0.25) is 5.52 Å². The topological polar surface area (TPSA) is 7.12 Å². The van der Waals surface area contributed by atoms with Crippen LogP contribution >= 0.6 is 23.1 Å². The van der Waals surface area contributed by atoms with E-state index in [1.54, 1.807) is 0 Å². The summed E-state index contributed by atoms with van der Waals surface area (Å²) in [6, 6.07) is 26.5. The molecule has 0 amide bonds. The minimum atomic E-state index is 0.959. The Labute approximate surface area is 214 Å². The Morgan fingerprint density at radius 2 is 1.49 bits per heavy atom. The van der Waals surface area contributed by atoms with Crippen molar-refractivity contribution >= 4 is 66.6 Å². The average Bonchev–Trinajstić information content (AvgIpc) is 3.41. The molecule has 1 aliphatic heterocycles. The van der Waals surface area contributed by atoms with E-state index in [4.69, 9.17) is 0 Å². The predicted octanol–water partition coefficient (Wildman–Crippen LogP) is 8.56. The molecule has 6 rings (SSSR count). The molecular formula is C31H27N2S2+. The number of nitrogens with zero attached hydrogens (tertiary/aromatic N) is 2. The average molecular weight is 492 g/mol. The van der Waals surface area contributed by atoms with Crippen molar-refractivity contribution in [3.05, 3.63) is 107 Å². The van der Waals surface area contributed by atoms with Crippen molar-refractivity contribution in [1.29, 1.82) is 0 Å². The summed E-state index contributed by atoms with van der Waals surface area (Å²) in [7, 11) is 0. The maximum Gasteiger partial charge on any atom is 0.262 e. The molecule has 4 aromatic carbocycles. The molecule has 0 saturated heterocycles. The molecular weight excluding hydrogens is 464 g/mol. The number of rotatable bonds is 5. The lowest BCUT2D eigenvalue weighted by molar-refractivity contribution is -0.665. The van der Waals surface area contributed by atoms with Gasteiger partial charge in [-0.25, -0.2) is 0 Å². The van der Waals surface area contributed by atoms with Crippen LogP contribution in [0.15, 0.2) is 107 Å². The molecule has 2 heterocycles. The molecule has 0 fully saturated rings. The standard InChI is InChI=1S/C31H27N2S2/c1-3-32-26-18-22-12-8-10-14-24(22)20-28(26)34-30(32)16-6-5-7-17-31-33(4-2)27-19-23-13-9-11-15-25(23)21-29(27)35-31/h5-21H,3-4H2,1-2H3/q+1. The van der Waals surface area contributed by atoms with Gasteiger partial charge in [-0.15, -0.1) is 0 Å². The van der Waals surface area contributed by atoms with Crippen LogP contribution in [0.2, 0.25) is 0 Å². The lowest BCUT2D eigenvalue weighted by Gasteiger charge is -2.18. The van der Waals surface area contributed by atoms with Gasteiger partial charge in [0.1, 0.15) is 11.2 Å². The van der Waals surface area contributed by atoms with Gasteiger partial charge in [-0.3, -0.25) is 0 Å². The molecule has 1 aliphatic rings. The summed E-state index contributed by atoms with van der Waals surface area (Å²) in [5.41, 5.74) is 2.63. The second-order valence-electron chi connectivity index (χ2n) is 8.61. The van der Waals surface area contributed by atoms with Crippen LogP contribution in [0.1, 0.15) is 18.9 Å². The fourth-order valence-corrected chi connectivity index (χ4v) is 7.15. The molecule has 0 N–H and O–H groups in total. The number of aromatic nitrogens is 1. The van der Waals surface area contributed by atoms with Gasteiger partial charge in [0.15, 0.2) is 0 Å². The van der Waals surface area contributed by atoms with Crippen LogP contribution in [-0.2, 0) is 6.54 Å². The third-order valence-corrected chi connectivity index (χ3v) is 8.75. The number of benzene rings is 4. The lowest BCUT2D eigenvalue weighted by atomic mass is 10.1. The molecule has 2 nitrogen and oxygen atoms in total. The summed E-state index contributed by atoms with van der Waals surface area (Å²) in [5, 5.41) is 7.75. The minimum absolute atomic E-state index is 0.959. The first kappa shape index (κ1) is 22.1. The first-order valence-corrected chi connectivity index (χ1v) is 13.8. The van der Waals surface area contributed by atoms with Gasteiger partial charge in [-0.05, 0) is 59.7 Å². The van der Waals surface area contributed by atoms with Crippen LogP contribution in [0.3, 0.4) is 0 Å². The smallest absolute Gasteiger partial charge is 0.262 e. The third kappa shape index (κ3) is 4.07. The van der Waals surface area contributed by atoms with Crippen molar-refractivity contribution in [3.8, 4) is 0 Å². The van der Waals surface area contributed by atoms with Gasteiger partial charge in [0, 0.05) is 23.6 Å². The zero-order chi connectivity index (χ0) is 23.8. The maximum atomic E-state index is 2.40. The first-order chi connectivity index (χ1) is 17.2. The second-order valence-corrected chi connectivity index (χ2v) is 10.7. The number of hydrogen-bond donors (Lipinski definition) is 0. The summed E-state index contributed by atoms with van der Waals surface area (Å²) in [4.78, 5) is 3.74. The van der Waals surface area contributed by atoms with E-state index >= 15 is 0 Å². The molecule has 35 heavy (non-hydrogen) atoms. The molecule has 1 aromatic heterocycles. The van der Waals surface area contributed by atoms with Crippen LogP contribution in [0.4, 0.5) is 5.69 Å². The van der Waals surface area contributed by atoms with E-state index in [0.717, 1.165) is 13.1 Å². The summed E-state index contributed by atoms with van der Waals surface area (Å²) < 4.78 is 3.74. The van der Waals surface area contributed by atoms with Gasteiger partial charge >= 0.3 is 0 Å². The lowest BCUT2D eigenvalue weighted by Crippen LogP contribution is -2.33. The molecule has 0 bridgehead atoms. The summed E-state index contributed by atoms with van der Waals surface area (Å²) >= 11 is 3.72.